The van der Waals surface area contributed by atoms with Crippen molar-refractivity contribution in [3.05, 3.63) is 97.6 Å². The van der Waals surface area contributed by atoms with Gasteiger partial charge in [0.05, 0.1) is 35.6 Å². The van der Waals surface area contributed by atoms with Crippen LogP contribution in [0.4, 0.5) is 5.69 Å². The Morgan fingerprint density at radius 1 is 1.16 bits per heavy atom. The molecule has 1 atom stereocenters. The summed E-state index contributed by atoms with van der Waals surface area (Å²) in [5, 5.41) is 14.3. The standard InChI is InChI=1S/C27H24Cl2N4O4/c1-27(2)18-11-14(28)9-10-16(18)21(30-15-12-19(29)25(34)32(3)13-15)23-22(26(35)36)31-24(33(23)27)17-7-5-6-8-20(17)37-4/h5-13,21,30H,1-4H3,(H,35,36). The summed E-state index contributed by atoms with van der Waals surface area (Å²) in [7, 11) is 3.16. The second kappa shape index (κ2) is 8.97. The molecule has 0 bridgehead atoms. The molecule has 5 rings (SSSR count). The van der Waals surface area contributed by atoms with Gasteiger partial charge in [-0.05, 0) is 55.3 Å². The number of aryl methyl sites for hydroxylation is 1. The molecule has 8 nitrogen and oxygen atoms in total. The number of hydrogen-bond donors (Lipinski definition) is 2. The van der Waals surface area contributed by atoms with Crippen molar-refractivity contribution < 1.29 is 14.6 Å². The lowest BCUT2D eigenvalue weighted by Crippen LogP contribution is -2.39. The lowest BCUT2D eigenvalue weighted by molar-refractivity contribution is 0.0689. The highest BCUT2D eigenvalue weighted by Gasteiger charge is 2.43. The number of nitrogens with zero attached hydrogens (tertiary/aromatic N) is 3. The van der Waals surface area contributed by atoms with E-state index in [1.165, 1.54) is 10.6 Å². The molecule has 3 heterocycles. The molecule has 0 spiro atoms. The molecule has 0 saturated carbocycles. The van der Waals surface area contributed by atoms with Crippen LogP contribution < -0.4 is 15.6 Å². The van der Waals surface area contributed by atoms with Crippen LogP contribution in [0.2, 0.25) is 10.0 Å². The minimum absolute atomic E-state index is 0.0432. The van der Waals surface area contributed by atoms with Crippen LogP contribution in [0.3, 0.4) is 0 Å². The zero-order valence-corrected chi connectivity index (χ0v) is 22.1. The van der Waals surface area contributed by atoms with Gasteiger partial charge in [0.2, 0.25) is 0 Å². The molecule has 1 aliphatic rings. The summed E-state index contributed by atoms with van der Waals surface area (Å²) in [4.78, 5) is 29.4. The predicted molar refractivity (Wildman–Crippen MR) is 143 cm³/mol. The van der Waals surface area contributed by atoms with E-state index >= 15 is 0 Å². The van der Waals surface area contributed by atoms with Crippen molar-refractivity contribution in [2.75, 3.05) is 12.4 Å². The summed E-state index contributed by atoms with van der Waals surface area (Å²) in [6.45, 7) is 3.99. The highest BCUT2D eigenvalue weighted by atomic mass is 35.5. The molecule has 0 saturated heterocycles. The van der Waals surface area contributed by atoms with E-state index in [1.807, 2.05) is 48.7 Å². The minimum atomic E-state index is -1.16. The van der Waals surface area contributed by atoms with Crippen molar-refractivity contribution in [3.8, 4) is 17.1 Å². The number of carboxylic acid groups (broad SMARTS) is 1. The number of hydrogen-bond acceptors (Lipinski definition) is 5. The van der Waals surface area contributed by atoms with E-state index in [1.54, 1.807) is 32.5 Å². The van der Waals surface area contributed by atoms with Gasteiger partial charge in [-0.2, -0.15) is 0 Å². The maximum absolute atomic E-state index is 12.6. The molecule has 0 radical (unpaired) electrons. The number of pyridine rings is 1. The minimum Gasteiger partial charge on any atom is -0.496 e. The summed E-state index contributed by atoms with van der Waals surface area (Å²) >= 11 is 12.6. The fourth-order valence-electron chi connectivity index (χ4n) is 5.07. The van der Waals surface area contributed by atoms with Gasteiger partial charge in [0.15, 0.2) is 5.69 Å². The zero-order chi connectivity index (χ0) is 26.6. The summed E-state index contributed by atoms with van der Waals surface area (Å²) in [6, 6.07) is 13.8. The number of imidazole rings is 1. The lowest BCUT2D eigenvalue weighted by atomic mass is 9.81. The average Bonchev–Trinajstić information content (AvgIpc) is 3.27. The molecular weight excluding hydrogens is 515 g/mol. The SMILES string of the molecule is COc1ccccc1-c1nc(C(=O)O)c2n1C(C)(C)c1cc(Cl)ccc1C2Nc1cc(Cl)c(=O)n(C)c1. The molecule has 2 N–H and O–H groups in total. The lowest BCUT2D eigenvalue weighted by Gasteiger charge is -2.41. The Labute approximate surface area is 223 Å². The van der Waals surface area contributed by atoms with Crippen molar-refractivity contribution in [2.24, 2.45) is 7.05 Å². The van der Waals surface area contributed by atoms with E-state index < -0.39 is 17.6 Å². The number of halogens is 2. The first-order valence-electron chi connectivity index (χ1n) is 11.5. The van der Waals surface area contributed by atoms with Gasteiger partial charge in [-0.25, -0.2) is 9.78 Å². The third-order valence-electron chi connectivity index (χ3n) is 6.73. The predicted octanol–water partition coefficient (Wildman–Crippen LogP) is 5.56. The summed E-state index contributed by atoms with van der Waals surface area (Å²) < 4.78 is 8.89. The van der Waals surface area contributed by atoms with E-state index in [4.69, 9.17) is 27.9 Å². The zero-order valence-electron chi connectivity index (χ0n) is 20.5. The fraction of sp³-hybridized carbons (Fsp3) is 0.222. The molecule has 0 amide bonds. The number of methoxy groups -OCH3 is 1. The Balaban J connectivity index is 1.84. The van der Waals surface area contributed by atoms with E-state index in [9.17, 15) is 14.7 Å². The molecule has 1 unspecified atom stereocenters. The van der Waals surface area contributed by atoms with Crippen molar-refractivity contribution in [1.29, 1.82) is 0 Å². The van der Waals surface area contributed by atoms with Crippen LogP contribution in [0.15, 0.2) is 59.5 Å². The number of benzene rings is 2. The maximum atomic E-state index is 12.6. The van der Waals surface area contributed by atoms with Crippen molar-refractivity contribution in [1.82, 2.24) is 14.1 Å². The second-order valence-corrected chi connectivity index (χ2v) is 10.2. The van der Waals surface area contributed by atoms with Gasteiger partial charge in [-0.1, -0.05) is 41.4 Å². The molecule has 10 heteroatoms. The number of aromatic carboxylic acids is 1. The first-order chi connectivity index (χ1) is 17.5. The summed E-state index contributed by atoms with van der Waals surface area (Å²) in [6.07, 6.45) is 1.62. The van der Waals surface area contributed by atoms with Gasteiger partial charge < -0.3 is 24.3 Å². The monoisotopic (exact) mass is 538 g/mol. The molecule has 2 aromatic carbocycles. The molecule has 37 heavy (non-hydrogen) atoms. The van der Waals surface area contributed by atoms with Gasteiger partial charge in [-0.3, -0.25) is 4.79 Å². The van der Waals surface area contributed by atoms with Crippen LogP contribution in [0.25, 0.3) is 11.4 Å². The number of rotatable bonds is 5. The van der Waals surface area contributed by atoms with Crippen LogP contribution in [0.1, 0.15) is 47.2 Å². The number of carbonyl (C=O) groups is 1. The molecular formula is C27H24Cl2N4O4. The first-order valence-corrected chi connectivity index (χ1v) is 12.2. The van der Waals surface area contributed by atoms with E-state index in [0.29, 0.717) is 33.5 Å². The third-order valence-corrected chi connectivity index (χ3v) is 7.24. The normalized spacial score (nSPS) is 15.6. The van der Waals surface area contributed by atoms with Crippen LogP contribution >= 0.6 is 23.2 Å². The smallest absolute Gasteiger partial charge is 0.356 e. The van der Waals surface area contributed by atoms with Crippen LogP contribution in [-0.2, 0) is 12.6 Å². The molecule has 2 aromatic heterocycles. The van der Waals surface area contributed by atoms with Crippen molar-refractivity contribution >= 4 is 34.9 Å². The Bertz CT molecular complexity index is 1600. The number of aromatic nitrogens is 3. The number of anilines is 1. The topological polar surface area (TPSA) is 98.4 Å². The Hall–Kier alpha value is -3.75. The second-order valence-electron chi connectivity index (χ2n) is 9.37. The van der Waals surface area contributed by atoms with E-state index in [-0.39, 0.29) is 16.3 Å². The average molecular weight is 539 g/mol. The Morgan fingerprint density at radius 2 is 1.89 bits per heavy atom. The number of para-hydroxylation sites is 1. The summed E-state index contributed by atoms with van der Waals surface area (Å²) in [5.41, 5.74) is 2.22. The van der Waals surface area contributed by atoms with Crippen LogP contribution in [-0.4, -0.2) is 32.3 Å². The Morgan fingerprint density at radius 3 is 2.57 bits per heavy atom. The number of ether oxygens (including phenoxy) is 1. The quantitative estimate of drug-likeness (QED) is 0.345. The third kappa shape index (κ3) is 3.97. The van der Waals surface area contributed by atoms with Crippen LogP contribution in [0.5, 0.6) is 5.75 Å². The number of nitrogens with one attached hydrogen (secondary N) is 1. The van der Waals surface area contributed by atoms with Gasteiger partial charge in [-0.15, -0.1) is 0 Å². The van der Waals surface area contributed by atoms with E-state index in [0.717, 1.165) is 11.1 Å². The number of carboxylic acids is 1. The van der Waals surface area contributed by atoms with Gasteiger partial charge in [0.25, 0.3) is 5.56 Å². The van der Waals surface area contributed by atoms with Gasteiger partial charge in [0.1, 0.15) is 16.6 Å². The highest BCUT2D eigenvalue weighted by molar-refractivity contribution is 6.31. The first kappa shape index (κ1) is 24.9. The van der Waals surface area contributed by atoms with Crippen LogP contribution in [0, 0.1) is 0 Å². The largest absolute Gasteiger partial charge is 0.496 e. The highest BCUT2D eigenvalue weighted by Crippen LogP contribution is 2.48. The van der Waals surface area contributed by atoms with Gasteiger partial charge >= 0.3 is 5.97 Å². The molecule has 4 aromatic rings. The fourth-order valence-corrected chi connectivity index (χ4v) is 5.50. The van der Waals surface area contributed by atoms with E-state index in [2.05, 4.69) is 10.3 Å². The Kier molecular flexibility index (Phi) is 6.04. The molecule has 0 aliphatic carbocycles. The van der Waals surface area contributed by atoms with Gasteiger partial charge in [0, 0.05) is 18.3 Å². The maximum Gasteiger partial charge on any atom is 0.356 e. The molecule has 0 fully saturated rings. The van der Waals surface area contributed by atoms with Crippen molar-refractivity contribution in [2.45, 2.75) is 25.4 Å². The molecule has 1 aliphatic heterocycles. The summed E-state index contributed by atoms with van der Waals surface area (Å²) in [5.74, 6) is -0.150. The van der Waals surface area contributed by atoms with Crippen molar-refractivity contribution in [3.63, 3.8) is 0 Å². The number of fused-ring (bicyclic) bond motifs is 2. The molecule has 190 valence electrons.